The van der Waals surface area contributed by atoms with Crippen LogP contribution < -0.4 is 0 Å². The van der Waals surface area contributed by atoms with Gasteiger partial charge in [-0.25, -0.2) is 9.97 Å². The van der Waals surface area contributed by atoms with Crippen LogP contribution in [0.4, 0.5) is 0 Å². The second-order valence-corrected chi connectivity index (χ2v) is 15.0. The number of hydrogen-bond acceptors (Lipinski definition) is 2. The van der Waals surface area contributed by atoms with Crippen molar-refractivity contribution in [3.05, 3.63) is 243 Å². The van der Waals surface area contributed by atoms with Gasteiger partial charge < -0.3 is 0 Å². The van der Waals surface area contributed by atoms with E-state index in [9.17, 15) is 0 Å². The molecule has 10 aromatic rings. The first-order valence-corrected chi connectivity index (χ1v) is 20.4. The Morgan fingerprint density at radius 3 is 0.667 bits per heavy atom. The molecule has 2 nitrogen and oxygen atoms in total. The highest BCUT2D eigenvalue weighted by Gasteiger charge is 2.16. The molecule has 0 saturated carbocycles. The maximum atomic E-state index is 5.45. The standard InChI is InChI=1S/C58H40N2/c1-5-17-41(18-6-1)45-25-13-29-49(33-45)53-37-55(51-31-15-27-47(35-51)43-21-9-3-10-22-43)59-57(39-53)58-40-54(50-30-14-26-46(34-50)42-19-7-2-8-20-42)38-56(60-58)52-32-16-28-48(36-52)44-23-11-4-12-24-44/h1-40H. The highest BCUT2D eigenvalue weighted by molar-refractivity contribution is 5.84. The molecule has 0 unspecified atom stereocenters. The van der Waals surface area contributed by atoms with Crippen molar-refractivity contribution >= 4 is 0 Å². The van der Waals surface area contributed by atoms with E-state index < -0.39 is 0 Å². The minimum Gasteiger partial charge on any atom is -0.246 e. The van der Waals surface area contributed by atoms with E-state index in [1.165, 1.54) is 22.3 Å². The van der Waals surface area contributed by atoms with E-state index in [0.29, 0.717) is 0 Å². The molecule has 0 radical (unpaired) electrons. The third kappa shape index (κ3) is 7.83. The molecule has 8 aromatic carbocycles. The van der Waals surface area contributed by atoms with Crippen LogP contribution in [0, 0.1) is 0 Å². The van der Waals surface area contributed by atoms with Crippen molar-refractivity contribution < 1.29 is 0 Å². The lowest BCUT2D eigenvalue weighted by Gasteiger charge is -2.15. The number of pyridine rings is 2. The Hall–Kier alpha value is -7.94. The van der Waals surface area contributed by atoms with Crippen molar-refractivity contribution in [1.29, 1.82) is 0 Å². The second-order valence-electron chi connectivity index (χ2n) is 15.0. The van der Waals surface area contributed by atoms with Gasteiger partial charge in [0.2, 0.25) is 0 Å². The Labute approximate surface area is 351 Å². The molecule has 0 atom stereocenters. The first-order chi connectivity index (χ1) is 29.7. The van der Waals surface area contributed by atoms with Gasteiger partial charge in [-0.3, -0.25) is 0 Å². The lowest BCUT2D eigenvalue weighted by molar-refractivity contribution is 1.25. The number of rotatable bonds is 9. The van der Waals surface area contributed by atoms with Gasteiger partial charge in [-0.1, -0.05) is 194 Å². The summed E-state index contributed by atoms with van der Waals surface area (Å²) in [7, 11) is 0. The van der Waals surface area contributed by atoms with Crippen LogP contribution in [0.2, 0.25) is 0 Å². The van der Waals surface area contributed by atoms with Crippen LogP contribution in [0.15, 0.2) is 243 Å². The van der Waals surface area contributed by atoms with Gasteiger partial charge in [0.05, 0.1) is 22.8 Å². The van der Waals surface area contributed by atoms with Crippen molar-refractivity contribution in [3.63, 3.8) is 0 Å². The third-order valence-corrected chi connectivity index (χ3v) is 11.1. The lowest BCUT2D eigenvalue weighted by atomic mass is 9.95. The van der Waals surface area contributed by atoms with Gasteiger partial charge in [0.25, 0.3) is 0 Å². The summed E-state index contributed by atoms with van der Waals surface area (Å²) >= 11 is 0. The van der Waals surface area contributed by atoms with Gasteiger partial charge in [0.15, 0.2) is 0 Å². The fraction of sp³-hybridized carbons (Fsp3) is 0. The normalized spacial score (nSPS) is 11.0. The average Bonchev–Trinajstić information content (AvgIpc) is 3.35. The highest BCUT2D eigenvalue weighted by atomic mass is 14.8. The van der Waals surface area contributed by atoms with Crippen LogP contribution in [0.25, 0.3) is 101 Å². The largest absolute Gasteiger partial charge is 0.246 e. The highest BCUT2D eigenvalue weighted by Crippen LogP contribution is 2.37. The minimum absolute atomic E-state index is 0.805. The van der Waals surface area contributed by atoms with Crippen molar-refractivity contribution in [2.45, 2.75) is 0 Å². The first-order valence-electron chi connectivity index (χ1n) is 20.4. The number of aromatic nitrogens is 2. The molecule has 2 heterocycles. The third-order valence-electron chi connectivity index (χ3n) is 11.1. The molecule has 0 aliphatic carbocycles. The zero-order chi connectivity index (χ0) is 40.1. The number of nitrogens with zero attached hydrogens (tertiary/aromatic N) is 2. The minimum atomic E-state index is 0.805. The Bertz CT molecular complexity index is 2650. The predicted octanol–water partition coefficient (Wildman–Crippen LogP) is 15.5. The van der Waals surface area contributed by atoms with Crippen LogP contribution in [-0.2, 0) is 0 Å². The molecule has 0 amide bonds. The van der Waals surface area contributed by atoms with Crippen molar-refractivity contribution in [3.8, 4) is 101 Å². The molecule has 0 bridgehead atoms. The summed E-state index contributed by atoms with van der Waals surface area (Å²) in [4.78, 5) is 10.9. The van der Waals surface area contributed by atoms with E-state index in [1.807, 2.05) is 0 Å². The summed E-state index contributed by atoms with van der Waals surface area (Å²) in [6.45, 7) is 0. The second kappa shape index (κ2) is 16.5. The van der Waals surface area contributed by atoms with E-state index in [1.54, 1.807) is 0 Å². The van der Waals surface area contributed by atoms with Crippen LogP contribution in [0.3, 0.4) is 0 Å². The molecular formula is C58H40N2. The zero-order valence-electron chi connectivity index (χ0n) is 33.0. The molecule has 0 N–H and O–H groups in total. The Morgan fingerprint density at radius 1 is 0.150 bits per heavy atom. The summed E-state index contributed by atoms with van der Waals surface area (Å²) in [5.41, 5.74) is 19.2. The van der Waals surface area contributed by atoms with Gasteiger partial charge in [-0.2, -0.15) is 0 Å². The van der Waals surface area contributed by atoms with Crippen LogP contribution in [0.1, 0.15) is 0 Å². The van der Waals surface area contributed by atoms with E-state index in [4.69, 9.17) is 9.97 Å². The van der Waals surface area contributed by atoms with Crippen molar-refractivity contribution in [2.75, 3.05) is 0 Å². The Kier molecular flexibility index (Phi) is 10.0. The maximum absolute atomic E-state index is 5.45. The van der Waals surface area contributed by atoms with E-state index >= 15 is 0 Å². The molecule has 0 aliphatic heterocycles. The Morgan fingerprint density at radius 2 is 0.367 bits per heavy atom. The van der Waals surface area contributed by atoms with Gasteiger partial charge in [-0.15, -0.1) is 0 Å². The molecule has 282 valence electrons. The quantitative estimate of drug-likeness (QED) is 0.146. The molecule has 0 spiro atoms. The fourth-order valence-corrected chi connectivity index (χ4v) is 7.95. The van der Waals surface area contributed by atoms with E-state index in [0.717, 1.165) is 78.4 Å². The number of benzene rings is 8. The van der Waals surface area contributed by atoms with Crippen LogP contribution >= 0.6 is 0 Å². The van der Waals surface area contributed by atoms with Gasteiger partial charge >= 0.3 is 0 Å². The summed E-state index contributed by atoms with van der Waals surface area (Å²) in [5, 5.41) is 0. The first kappa shape index (κ1) is 36.4. The summed E-state index contributed by atoms with van der Waals surface area (Å²) in [5.74, 6) is 0. The molecule has 0 fully saturated rings. The molecule has 60 heavy (non-hydrogen) atoms. The molecule has 0 aliphatic rings. The summed E-state index contributed by atoms with van der Waals surface area (Å²) in [6.07, 6.45) is 0. The van der Waals surface area contributed by atoms with Crippen LogP contribution in [-0.4, -0.2) is 9.97 Å². The smallest absolute Gasteiger partial charge is 0.0900 e. The van der Waals surface area contributed by atoms with E-state index in [-0.39, 0.29) is 0 Å². The summed E-state index contributed by atoms with van der Waals surface area (Å²) < 4.78 is 0. The molecule has 0 saturated heterocycles. The van der Waals surface area contributed by atoms with Crippen molar-refractivity contribution in [1.82, 2.24) is 9.97 Å². The van der Waals surface area contributed by atoms with Gasteiger partial charge in [0, 0.05) is 11.1 Å². The van der Waals surface area contributed by atoms with Gasteiger partial charge in [-0.05, 0) is 115 Å². The monoisotopic (exact) mass is 764 g/mol. The van der Waals surface area contributed by atoms with Crippen LogP contribution in [0.5, 0.6) is 0 Å². The Balaban J connectivity index is 1.17. The van der Waals surface area contributed by atoms with E-state index in [2.05, 4.69) is 243 Å². The average molecular weight is 765 g/mol. The topological polar surface area (TPSA) is 25.8 Å². The SMILES string of the molecule is c1ccc(-c2cccc(-c3cc(-c4cccc(-c5ccccc5)c4)nc(-c4cc(-c5cccc(-c6ccccc6)c5)cc(-c5cccc(-c6ccccc6)c5)n4)c3)c2)cc1. The maximum Gasteiger partial charge on any atom is 0.0900 e. The summed E-state index contributed by atoms with van der Waals surface area (Å²) in [6, 6.07) is 85.9. The zero-order valence-corrected chi connectivity index (χ0v) is 33.0. The molecular weight excluding hydrogens is 725 g/mol. The number of hydrogen-bond donors (Lipinski definition) is 0. The van der Waals surface area contributed by atoms with Gasteiger partial charge in [0.1, 0.15) is 0 Å². The molecule has 2 aromatic heterocycles. The molecule has 10 rings (SSSR count). The predicted molar refractivity (Wildman–Crippen MR) is 251 cm³/mol. The fourth-order valence-electron chi connectivity index (χ4n) is 7.95. The van der Waals surface area contributed by atoms with Crippen molar-refractivity contribution in [2.24, 2.45) is 0 Å². The lowest BCUT2D eigenvalue weighted by Crippen LogP contribution is -1.96. The molecule has 2 heteroatoms.